The summed E-state index contributed by atoms with van der Waals surface area (Å²) in [7, 11) is 0. The molecule has 0 spiro atoms. The van der Waals surface area contributed by atoms with Crippen LogP contribution in [-0.4, -0.2) is 24.7 Å². The first-order valence-electron chi connectivity index (χ1n) is 10.1. The van der Waals surface area contributed by atoms with Crippen molar-refractivity contribution in [1.82, 2.24) is 0 Å². The number of hydrogen-bond donors (Lipinski definition) is 1. The lowest BCUT2D eigenvalue weighted by Gasteiger charge is -2.22. The molecule has 4 nitrogen and oxygen atoms in total. The summed E-state index contributed by atoms with van der Waals surface area (Å²) in [6.45, 7) is 5.98. The van der Waals surface area contributed by atoms with Crippen molar-refractivity contribution in [2.45, 2.75) is 13.8 Å². The van der Waals surface area contributed by atoms with Gasteiger partial charge in [0.1, 0.15) is 0 Å². The summed E-state index contributed by atoms with van der Waals surface area (Å²) in [5.41, 5.74) is 3.13. The number of rotatable bonds is 9. The Bertz CT molecular complexity index is 1020. The van der Waals surface area contributed by atoms with Crippen molar-refractivity contribution in [3.8, 4) is 0 Å². The van der Waals surface area contributed by atoms with Gasteiger partial charge in [-0.1, -0.05) is 66.7 Å². The standard InChI is InChI=1S/C26H26N2O2/c1-3-28(4-2)23-17-11-16-22(18-23)27-24(26(30)21-14-9-6-10-15-21)19-25(29)20-12-7-5-8-13-20/h5-19,27H,3-4H2,1-2H3/b24-19+. The molecule has 0 aliphatic rings. The van der Waals surface area contributed by atoms with Crippen LogP contribution in [0.4, 0.5) is 11.4 Å². The van der Waals surface area contributed by atoms with Crippen LogP contribution in [0.3, 0.4) is 0 Å². The minimum Gasteiger partial charge on any atom is -0.372 e. The van der Waals surface area contributed by atoms with Crippen LogP contribution in [0.1, 0.15) is 34.6 Å². The minimum atomic E-state index is -0.229. The zero-order chi connectivity index (χ0) is 21.3. The molecule has 0 heterocycles. The Hall–Kier alpha value is -3.66. The number of nitrogens with zero attached hydrogens (tertiary/aromatic N) is 1. The number of carbonyl (C=O) groups excluding carboxylic acids is 2. The fourth-order valence-electron chi connectivity index (χ4n) is 3.24. The van der Waals surface area contributed by atoms with Crippen LogP contribution >= 0.6 is 0 Å². The number of nitrogens with one attached hydrogen (secondary N) is 1. The molecule has 0 bridgehead atoms. The summed E-state index contributed by atoms with van der Waals surface area (Å²) >= 11 is 0. The Morgan fingerprint density at radius 2 is 1.40 bits per heavy atom. The van der Waals surface area contributed by atoms with Gasteiger partial charge in [0.05, 0.1) is 5.70 Å². The third kappa shape index (κ3) is 5.23. The topological polar surface area (TPSA) is 49.4 Å². The SMILES string of the molecule is CCN(CC)c1cccc(N/C(=C/C(=O)c2ccccc2)C(=O)c2ccccc2)c1. The molecule has 0 radical (unpaired) electrons. The summed E-state index contributed by atoms with van der Waals surface area (Å²) in [5, 5.41) is 3.19. The highest BCUT2D eigenvalue weighted by Crippen LogP contribution is 2.22. The van der Waals surface area contributed by atoms with Crippen molar-refractivity contribution < 1.29 is 9.59 Å². The van der Waals surface area contributed by atoms with E-state index in [1.165, 1.54) is 6.08 Å². The zero-order valence-corrected chi connectivity index (χ0v) is 17.3. The molecule has 30 heavy (non-hydrogen) atoms. The van der Waals surface area contributed by atoms with Crippen LogP contribution in [0.2, 0.25) is 0 Å². The van der Waals surface area contributed by atoms with E-state index in [1.54, 1.807) is 36.4 Å². The molecule has 3 aromatic rings. The van der Waals surface area contributed by atoms with E-state index in [2.05, 4.69) is 24.1 Å². The minimum absolute atomic E-state index is 0.220. The van der Waals surface area contributed by atoms with E-state index in [-0.39, 0.29) is 17.3 Å². The van der Waals surface area contributed by atoms with Gasteiger partial charge in [-0.05, 0) is 32.0 Å². The lowest BCUT2D eigenvalue weighted by molar-refractivity contribution is 0.101. The highest BCUT2D eigenvalue weighted by Gasteiger charge is 2.15. The maximum atomic E-state index is 13.2. The molecule has 1 N–H and O–H groups in total. The van der Waals surface area contributed by atoms with Gasteiger partial charge in [0.15, 0.2) is 5.78 Å². The number of hydrogen-bond acceptors (Lipinski definition) is 4. The largest absolute Gasteiger partial charge is 0.372 e. The Morgan fingerprint density at radius 3 is 2.00 bits per heavy atom. The fourth-order valence-corrected chi connectivity index (χ4v) is 3.24. The van der Waals surface area contributed by atoms with Crippen molar-refractivity contribution in [3.05, 3.63) is 108 Å². The average Bonchev–Trinajstić information content (AvgIpc) is 2.80. The van der Waals surface area contributed by atoms with Gasteiger partial charge in [0.25, 0.3) is 0 Å². The number of carbonyl (C=O) groups is 2. The average molecular weight is 399 g/mol. The molecule has 0 atom stereocenters. The van der Waals surface area contributed by atoms with Crippen LogP contribution < -0.4 is 10.2 Å². The van der Waals surface area contributed by atoms with Gasteiger partial charge in [-0.15, -0.1) is 0 Å². The van der Waals surface area contributed by atoms with E-state index in [0.29, 0.717) is 11.1 Å². The number of ketones is 2. The van der Waals surface area contributed by atoms with Crippen LogP contribution in [0, 0.1) is 0 Å². The smallest absolute Gasteiger partial charge is 0.209 e. The monoisotopic (exact) mass is 398 g/mol. The van der Waals surface area contributed by atoms with E-state index in [1.807, 2.05) is 48.5 Å². The van der Waals surface area contributed by atoms with Gasteiger partial charge in [0.2, 0.25) is 5.78 Å². The maximum absolute atomic E-state index is 13.2. The third-order valence-electron chi connectivity index (χ3n) is 4.87. The Morgan fingerprint density at radius 1 is 0.800 bits per heavy atom. The molecule has 0 unspecified atom stereocenters. The first-order valence-corrected chi connectivity index (χ1v) is 10.1. The third-order valence-corrected chi connectivity index (χ3v) is 4.87. The highest BCUT2D eigenvalue weighted by atomic mass is 16.1. The molecule has 0 aromatic heterocycles. The molecule has 0 saturated carbocycles. The normalized spacial score (nSPS) is 11.1. The van der Waals surface area contributed by atoms with E-state index in [0.717, 1.165) is 24.5 Å². The maximum Gasteiger partial charge on any atom is 0.209 e. The molecule has 152 valence electrons. The number of allylic oxidation sites excluding steroid dienone is 2. The van der Waals surface area contributed by atoms with Gasteiger partial charge in [-0.2, -0.15) is 0 Å². The van der Waals surface area contributed by atoms with Crippen LogP contribution in [0.15, 0.2) is 96.7 Å². The molecule has 4 heteroatoms. The molecule has 0 fully saturated rings. The quantitative estimate of drug-likeness (QED) is 0.377. The van der Waals surface area contributed by atoms with Gasteiger partial charge in [0, 0.05) is 41.7 Å². The van der Waals surface area contributed by atoms with E-state index in [9.17, 15) is 9.59 Å². The van der Waals surface area contributed by atoms with Crippen molar-refractivity contribution in [2.24, 2.45) is 0 Å². The molecule has 3 rings (SSSR count). The van der Waals surface area contributed by atoms with Crippen molar-refractivity contribution in [2.75, 3.05) is 23.3 Å². The number of benzene rings is 3. The van der Waals surface area contributed by atoms with E-state index >= 15 is 0 Å². The van der Waals surface area contributed by atoms with E-state index in [4.69, 9.17) is 0 Å². The van der Waals surface area contributed by atoms with Gasteiger partial charge >= 0.3 is 0 Å². The molecular formula is C26H26N2O2. The Kier molecular flexibility index (Phi) is 7.17. The van der Waals surface area contributed by atoms with Gasteiger partial charge < -0.3 is 10.2 Å². The Labute approximate surface area is 177 Å². The number of anilines is 2. The lowest BCUT2D eigenvalue weighted by atomic mass is 10.0. The Balaban J connectivity index is 1.96. The summed E-state index contributed by atoms with van der Waals surface area (Å²) in [4.78, 5) is 28.2. The predicted octanol–water partition coefficient (Wildman–Crippen LogP) is 5.59. The highest BCUT2D eigenvalue weighted by molar-refractivity contribution is 6.16. The molecule has 0 amide bonds. The van der Waals surface area contributed by atoms with Gasteiger partial charge in [-0.3, -0.25) is 9.59 Å². The first-order chi connectivity index (χ1) is 14.6. The molecule has 3 aromatic carbocycles. The second kappa shape index (κ2) is 10.2. The predicted molar refractivity (Wildman–Crippen MR) is 123 cm³/mol. The number of Topliss-reactive ketones (excluding diaryl/α,β-unsaturated/α-hetero) is 1. The molecule has 0 saturated heterocycles. The second-order valence-electron chi connectivity index (χ2n) is 6.83. The van der Waals surface area contributed by atoms with E-state index < -0.39 is 0 Å². The molecular weight excluding hydrogens is 372 g/mol. The summed E-state index contributed by atoms with van der Waals surface area (Å²) in [6.07, 6.45) is 1.38. The first kappa shape index (κ1) is 21.1. The van der Waals surface area contributed by atoms with Gasteiger partial charge in [-0.25, -0.2) is 0 Å². The lowest BCUT2D eigenvalue weighted by Crippen LogP contribution is -2.22. The summed E-state index contributed by atoms with van der Waals surface area (Å²) in [6, 6.07) is 25.8. The summed E-state index contributed by atoms with van der Waals surface area (Å²) in [5.74, 6) is -0.449. The second-order valence-corrected chi connectivity index (χ2v) is 6.83. The fraction of sp³-hybridized carbons (Fsp3) is 0.154. The van der Waals surface area contributed by atoms with Crippen LogP contribution in [-0.2, 0) is 0 Å². The molecule has 0 aliphatic carbocycles. The zero-order valence-electron chi connectivity index (χ0n) is 17.3. The summed E-state index contributed by atoms with van der Waals surface area (Å²) < 4.78 is 0. The molecule has 0 aliphatic heterocycles. The van der Waals surface area contributed by atoms with Crippen molar-refractivity contribution in [3.63, 3.8) is 0 Å². The van der Waals surface area contributed by atoms with Crippen LogP contribution in [0.25, 0.3) is 0 Å². The van der Waals surface area contributed by atoms with Crippen LogP contribution in [0.5, 0.6) is 0 Å². The van der Waals surface area contributed by atoms with Crippen molar-refractivity contribution >= 4 is 22.9 Å². The van der Waals surface area contributed by atoms with Crippen molar-refractivity contribution in [1.29, 1.82) is 0 Å².